The Morgan fingerprint density at radius 1 is 1.00 bits per heavy atom. The van der Waals surface area contributed by atoms with Gasteiger partial charge in [-0.15, -0.1) is 0 Å². The van der Waals surface area contributed by atoms with Crippen molar-refractivity contribution in [1.82, 2.24) is 0 Å². The van der Waals surface area contributed by atoms with E-state index in [1.807, 2.05) is 0 Å². The van der Waals surface area contributed by atoms with E-state index in [-0.39, 0.29) is 49.0 Å². The molecule has 0 amide bonds. The van der Waals surface area contributed by atoms with Crippen LogP contribution in [0.4, 0.5) is 0 Å². The Kier molecular flexibility index (Phi) is 14.0. The van der Waals surface area contributed by atoms with Gasteiger partial charge in [-0.1, -0.05) is 6.42 Å². The summed E-state index contributed by atoms with van der Waals surface area (Å²) in [5, 5.41) is 18.3. The van der Waals surface area contributed by atoms with Gasteiger partial charge in [0.15, 0.2) is 0 Å². The van der Waals surface area contributed by atoms with E-state index in [1.165, 1.54) is 0 Å². The van der Waals surface area contributed by atoms with Crippen molar-refractivity contribution in [3.8, 4) is 0 Å². The average Bonchev–Trinajstić information content (AvgIpc) is 2.24. The van der Waals surface area contributed by atoms with E-state index in [2.05, 4.69) is 9.78 Å². The van der Waals surface area contributed by atoms with Crippen LogP contribution in [0.15, 0.2) is 0 Å². The summed E-state index contributed by atoms with van der Waals surface area (Å²) >= 11 is 0. The standard InChI is InChI=1S/C10H16O7.Na/c11-8(12)4-2-1-3-7-16-17-10(15)6-5-9(13)14;/h1-7H2,(H,11,12)(H,13,14);/q;+1/p-1. The van der Waals surface area contributed by atoms with Crippen molar-refractivity contribution in [2.45, 2.75) is 38.5 Å². The van der Waals surface area contributed by atoms with Crippen LogP contribution in [0, 0.1) is 0 Å². The van der Waals surface area contributed by atoms with Crippen LogP contribution in [-0.2, 0) is 24.2 Å². The second-order valence-corrected chi connectivity index (χ2v) is 3.35. The van der Waals surface area contributed by atoms with Gasteiger partial charge in [0.1, 0.15) is 0 Å². The Balaban J connectivity index is 0. The van der Waals surface area contributed by atoms with Crippen LogP contribution in [0.25, 0.3) is 0 Å². The van der Waals surface area contributed by atoms with Crippen molar-refractivity contribution < 1.29 is 63.9 Å². The van der Waals surface area contributed by atoms with E-state index in [0.717, 1.165) is 0 Å². The topological polar surface area (TPSA) is 113 Å². The fourth-order valence-corrected chi connectivity index (χ4v) is 0.967. The van der Waals surface area contributed by atoms with Crippen LogP contribution in [-0.4, -0.2) is 29.6 Å². The Labute approximate surface area is 127 Å². The Morgan fingerprint density at radius 3 is 2.22 bits per heavy atom. The van der Waals surface area contributed by atoms with Crippen LogP contribution in [0.5, 0.6) is 0 Å². The summed E-state index contributed by atoms with van der Waals surface area (Å²) in [4.78, 5) is 39.8. The summed E-state index contributed by atoms with van der Waals surface area (Å²) < 4.78 is 0. The van der Waals surface area contributed by atoms with Crippen molar-refractivity contribution in [1.29, 1.82) is 0 Å². The molecular formula is C10H15NaO7. The first-order chi connectivity index (χ1) is 8.02. The molecule has 0 rings (SSSR count). The number of unbranched alkanes of at least 4 members (excludes halogenated alkanes) is 2. The van der Waals surface area contributed by atoms with Gasteiger partial charge in [-0.25, -0.2) is 4.79 Å². The summed E-state index contributed by atoms with van der Waals surface area (Å²) in [6.45, 7) is 0.163. The molecule has 0 unspecified atom stereocenters. The van der Waals surface area contributed by atoms with Gasteiger partial charge in [0.05, 0.1) is 13.0 Å². The zero-order valence-corrected chi connectivity index (χ0v) is 12.3. The van der Waals surface area contributed by atoms with Crippen molar-refractivity contribution >= 4 is 17.9 Å². The molecule has 1 N–H and O–H groups in total. The summed E-state index contributed by atoms with van der Waals surface area (Å²) in [7, 11) is 0. The van der Waals surface area contributed by atoms with Crippen molar-refractivity contribution in [2.24, 2.45) is 0 Å². The first-order valence-corrected chi connectivity index (χ1v) is 5.26. The molecule has 0 aromatic heterocycles. The van der Waals surface area contributed by atoms with Crippen LogP contribution in [0.1, 0.15) is 38.5 Å². The van der Waals surface area contributed by atoms with Crippen LogP contribution in [0.2, 0.25) is 0 Å². The van der Waals surface area contributed by atoms with E-state index in [4.69, 9.17) is 5.11 Å². The number of aliphatic carboxylic acids is 2. The first-order valence-electron chi connectivity index (χ1n) is 5.26. The van der Waals surface area contributed by atoms with Gasteiger partial charge in [0.25, 0.3) is 0 Å². The number of carboxylic acids is 2. The molecule has 0 aliphatic carbocycles. The van der Waals surface area contributed by atoms with Crippen molar-refractivity contribution in [3.05, 3.63) is 0 Å². The van der Waals surface area contributed by atoms with Crippen LogP contribution < -0.4 is 34.7 Å². The minimum absolute atomic E-state index is 0. The molecule has 0 spiro atoms. The molecule has 98 valence electrons. The predicted octanol–water partition coefficient (Wildman–Crippen LogP) is -3.36. The number of hydrogen-bond acceptors (Lipinski definition) is 6. The maximum atomic E-state index is 10.8. The molecule has 0 aromatic carbocycles. The molecule has 0 saturated carbocycles. The molecule has 8 heteroatoms. The van der Waals surface area contributed by atoms with Gasteiger partial charge in [-0.3, -0.25) is 9.68 Å². The molecule has 0 bridgehead atoms. The maximum absolute atomic E-state index is 10.8. The Hall–Kier alpha value is -0.630. The third-order valence-corrected chi connectivity index (χ3v) is 1.80. The van der Waals surface area contributed by atoms with E-state index in [0.29, 0.717) is 19.3 Å². The first kappa shape index (κ1) is 19.7. The summed E-state index contributed by atoms with van der Waals surface area (Å²) in [5.74, 6) is -2.94. The Bertz CT molecular complexity index is 267. The molecule has 0 aliphatic heterocycles. The fourth-order valence-electron chi connectivity index (χ4n) is 0.967. The minimum Gasteiger partial charge on any atom is -0.550 e. The quantitative estimate of drug-likeness (QED) is 0.191. The van der Waals surface area contributed by atoms with E-state index in [1.54, 1.807) is 0 Å². The fraction of sp³-hybridized carbons (Fsp3) is 0.700. The second kappa shape index (κ2) is 12.8. The monoisotopic (exact) mass is 270 g/mol. The number of carbonyl (C=O) groups is 3. The SMILES string of the molecule is O=C([O-])CCC(=O)OOCCCCCC(=O)O.[Na+]. The van der Waals surface area contributed by atoms with Gasteiger partial charge < -0.3 is 15.0 Å². The summed E-state index contributed by atoms with van der Waals surface area (Å²) in [6.07, 6.45) is 1.18. The largest absolute Gasteiger partial charge is 1.00 e. The number of rotatable bonds is 10. The number of hydrogen-bond donors (Lipinski definition) is 1. The van der Waals surface area contributed by atoms with Crippen molar-refractivity contribution in [2.75, 3.05) is 6.61 Å². The molecule has 18 heavy (non-hydrogen) atoms. The van der Waals surface area contributed by atoms with Gasteiger partial charge in [0, 0.05) is 12.4 Å². The second-order valence-electron chi connectivity index (χ2n) is 3.35. The Morgan fingerprint density at radius 2 is 1.67 bits per heavy atom. The van der Waals surface area contributed by atoms with Gasteiger partial charge in [-0.2, -0.15) is 4.89 Å². The van der Waals surface area contributed by atoms with Crippen molar-refractivity contribution in [3.63, 3.8) is 0 Å². The minimum atomic E-state index is -1.32. The van der Waals surface area contributed by atoms with Gasteiger partial charge in [-0.05, 0) is 19.3 Å². The third-order valence-electron chi connectivity index (χ3n) is 1.80. The van der Waals surface area contributed by atoms with E-state index < -0.39 is 24.3 Å². The number of carbonyl (C=O) groups excluding carboxylic acids is 2. The average molecular weight is 270 g/mol. The molecule has 0 fully saturated rings. The molecule has 0 saturated heterocycles. The molecule has 0 radical (unpaired) electrons. The summed E-state index contributed by atoms with van der Waals surface area (Å²) in [5.41, 5.74) is 0. The predicted molar refractivity (Wildman–Crippen MR) is 52.4 cm³/mol. The van der Waals surface area contributed by atoms with E-state index >= 15 is 0 Å². The molecule has 0 heterocycles. The molecular weight excluding hydrogens is 255 g/mol. The third kappa shape index (κ3) is 15.4. The summed E-state index contributed by atoms with van der Waals surface area (Å²) in [6, 6.07) is 0. The normalized spacial score (nSPS) is 9.33. The molecule has 0 atom stereocenters. The smallest absolute Gasteiger partial charge is 0.550 e. The zero-order valence-electron chi connectivity index (χ0n) is 10.3. The van der Waals surface area contributed by atoms with Crippen LogP contribution >= 0.6 is 0 Å². The van der Waals surface area contributed by atoms with Crippen LogP contribution in [0.3, 0.4) is 0 Å². The van der Waals surface area contributed by atoms with E-state index in [9.17, 15) is 19.5 Å². The maximum Gasteiger partial charge on any atom is 1.00 e. The molecule has 7 nitrogen and oxygen atoms in total. The van der Waals surface area contributed by atoms with Gasteiger partial charge in [0.2, 0.25) is 0 Å². The molecule has 0 aliphatic rings. The molecule has 0 aromatic rings. The van der Waals surface area contributed by atoms with Gasteiger partial charge >= 0.3 is 41.5 Å². The number of carboxylic acid groups (broad SMARTS) is 2. The zero-order chi connectivity index (χ0) is 13.1.